The van der Waals surface area contributed by atoms with Crippen LogP contribution >= 0.6 is 0 Å². The van der Waals surface area contributed by atoms with Crippen LogP contribution in [-0.2, 0) is 14.9 Å². The van der Waals surface area contributed by atoms with Gasteiger partial charge in [0.25, 0.3) is 0 Å². The second kappa shape index (κ2) is 4.28. The molecule has 0 bridgehead atoms. The van der Waals surface area contributed by atoms with Crippen LogP contribution in [0.4, 0.5) is 0 Å². The zero-order valence-corrected chi connectivity index (χ0v) is 9.95. The van der Waals surface area contributed by atoms with Crippen LogP contribution in [0.25, 0.3) is 0 Å². The quantitative estimate of drug-likeness (QED) is 0.713. The normalized spacial score (nSPS) is 18.4. The van der Waals surface area contributed by atoms with Gasteiger partial charge in [-0.05, 0) is 25.3 Å². The third kappa shape index (κ3) is 1.73. The minimum Gasteiger partial charge on any atom is -0.468 e. The molecule has 0 amide bonds. The van der Waals surface area contributed by atoms with Gasteiger partial charge in [0.2, 0.25) is 0 Å². The molecule has 1 saturated carbocycles. The van der Waals surface area contributed by atoms with Gasteiger partial charge in [0.1, 0.15) is 0 Å². The van der Waals surface area contributed by atoms with Crippen molar-refractivity contribution in [2.45, 2.75) is 38.0 Å². The van der Waals surface area contributed by atoms with Crippen molar-refractivity contribution in [2.75, 3.05) is 7.11 Å². The number of ether oxygens (including phenoxy) is 1. The van der Waals surface area contributed by atoms with E-state index < -0.39 is 0 Å². The fraction of sp³-hybridized carbons (Fsp3) is 0.500. The average molecular weight is 218 g/mol. The number of methoxy groups -OCH3 is 1. The second-order valence-electron chi connectivity index (χ2n) is 4.65. The summed E-state index contributed by atoms with van der Waals surface area (Å²) in [4.78, 5) is 12.0. The van der Waals surface area contributed by atoms with Gasteiger partial charge in [-0.1, -0.05) is 42.7 Å². The predicted molar refractivity (Wildman–Crippen MR) is 63.3 cm³/mol. The summed E-state index contributed by atoms with van der Waals surface area (Å²) in [6.45, 7) is 2.06. The van der Waals surface area contributed by atoms with Gasteiger partial charge in [0.05, 0.1) is 12.5 Å². The van der Waals surface area contributed by atoms with Crippen LogP contribution < -0.4 is 0 Å². The van der Waals surface area contributed by atoms with E-state index >= 15 is 0 Å². The number of hydrogen-bond donors (Lipinski definition) is 0. The average Bonchev–Trinajstić information content (AvgIpc) is 2.78. The molecular weight excluding hydrogens is 200 g/mol. The summed E-state index contributed by atoms with van der Waals surface area (Å²) in [5.74, 6) is -0.0735. The fourth-order valence-corrected chi connectivity index (χ4v) is 2.73. The Labute approximate surface area is 96.6 Å². The first-order chi connectivity index (χ1) is 7.69. The first-order valence-electron chi connectivity index (χ1n) is 5.84. The maximum Gasteiger partial charge on any atom is 0.316 e. The minimum absolute atomic E-state index is 0.0735. The van der Waals surface area contributed by atoms with Crippen LogP contribution in [-0.4, -0.2) is 13.1 Å². The molecule has 2 heteroatoms. The highest BCUT2D eigenvalue weighted by atomic mass is 16.5. The summed E-state index contributed by atoms with van der Waals surface area (Å²) in [5.41, 5.74) is 1.95. The molecule has 0 aliphatic heterocycles. The van der Waals surface area contributed by atoms with E-state index in [0.717, 1.165) is 31.2 Å². The lowest BCUT2D eigenvalue weighted by Gasteiger charge is -2.26. The molecule has 1 aliphatic rings. The van der Waals surface area contributed by atoms with Crippen LogP contribution in [0, 0.1) is 6.92 Å². The van der Waals surface area contributed by atoms with E-state index in [1.165, 1.54) is 12.7 Å². The molecule has 0 aromatic heterocycles. The van der Waals surface area contributed by atoms with E-state index in [1.807, 2.05) is 6.07 Å². The van der Waals surface area contributed by atoms with Gasteiger partial charge in [-0.2, -0.15) is 0 Å². The molecule has 0 N–H and O–H groups in total. The van der Waals surface area contributed by atoms with Gasteiger partial charge in [-0.3, -0.25) is 4.79 Å². The second-order valence-corrected chi connectivity index (χ2v) is 4.65. The third-order valence-corrected chi connectivity index (χ3v) is 3.60. The summed E-state index contributed by atoms with van der Waals surface area (Å²) >= 11 is 0. The summed E-state index contributed by atoms with van der Waals surface area (Å²) < 4.78 is 4.99. The molecule has 0 atom stereocenters. The maximum atomic E-state index is 12.0. The molecule has 1 aliphatic carbocycles. The number of carbonyl (C=O) groups excluding carboxylic acids is 1. The first kappa shape index (κ1) is 11.2. The molecule has 1 aromatic carbocycles. The summed E-state index contributed by atoms with van der Waals surface area (Å²) in [5, 5.41) is 0. The van der Waals surface area contributed by atoms with Crippen molar-refractivity contribution in [3.05, 3.63) is 35.4 Å². The van der Waals surface area contributed by atoms with Crippen LogP contribution in [0.5, 0.6) is 0 Å². The molecule has 16 heavy (non-hydrogen) atoms. The number of aryl methyl sites for hydroxylation is 1. The Hall–Kier alpha value is -1.31. The van der Waals surface area contributed by atoms with E-state index in [9.17, 15) is 4.79 Å². The summed E-state index contributed by atoms with van der Waals surface area (Å²) in [7, 11) is 1.48. The zero-order chi connectivity index (χ0) is 11.6. The van der Waals surface area contributed by atoms with Gasteiger partial charge in [0.15, 0.2) is 0 Å². The summed E-state index contributed by atoms with van der Waals surface area (Å²) in [6, 6.07) is 8.24. The molecule has 0 heterocycles. The number of carbonyl (C=O) groups is 1. The van der Waals surface area contributed by atoms with Gasteiger partial charge in [0, 0.05) is 0 Å². The lowest BCUT2D eigenvalue weighted by molar-refractivity contribution is -0.147. The smallest absolute Gasteiger partial charge is 0.316 e. The Balaban J connectivity index is 2.43. The number of hydrogen-bond acceptors (Lipinski definition) is 2. The Bertz CT molecular complexity index is 389. The molecule has 0 saturated heterocycles. The highest BCUT2D eigenvalue weighted by Crippen LogP contribution is 2.42. The van der Waals surface area contributed by atoms with Gasteiger partial charge >= 0.3 is 5.97 Å². The van der Waals surface area contributed by atoms with E-state index in [4.69, 9.17) is 4.74 Å². The fourth-order valence-electron chi connectivity index (χ4n) is 2.73. The minimum atomic E-state index is -0.374. The Morgan fingerprint density at radius 3 is 2.56 bits per heavy atom. The SMILES string of the molecule is COC(=O)C1(c2cccc(C)c2)CCCC1. The van der Waals surface area contributed by atoms with Gasteiger partial charge in [-0.15, -0.1) is 0 Å². The molecular formula is C14H18O2. The molecule has 0 radical (unpaired) electrons. The lowest BCUT2D eigenvalue weighted by atomic mass is 9.78. The van der Waals surface area contributed by atoms with E-state index in [-0.39, 0.29) is 11.4 Å². The van der Waals surface area contributed by atoms with Crippen LogP contribution in [0.1, 0.15) is 36.8 Å². The zero-order valence-electron chi connectivity index (χ0n) is 9.95. The van der Waals surface area contributed by atoms with Crippen molar-refractivity contribution in [1.29, 1.82) is 0 Å². The van der Waals surface area contributed by atoms with Crippen molar-refractivity contribution in [3.63, 3.8) is 0 Å². The number of rotatable bonds is 2. The van der Waals surface area contributed by atoms with Crippen LogP contribution in [0.2, 0.25) is 0 Å². The molecule has 2 nitrogen and oxygen atoms in total. The Morgan fingerprint density at radius 2 is 2.00 bits per heavy atom. The Kier molecular flexibility index (Phi) is 2.99. The first-order valence-corrected chi connectivity index (χ1v) is 5.84. The highest BCUT2D eigenvalue weighted by molar-refractivity contribution is 5.83. The van der Waals surface area contributed by atoms with Crippen molar-refractivity contribution < 1.29 is 9.53 Å². The van der Waals surface area contributed by atoms with Crippen molar-refractivity contribution >= 4 is 5.97 Å². The molecule has 86 valence electrons. The number of esters is 1. The molecule has 0 unspecified atom stereocenters. The standard InChI is InChI=1S/C14H18O2/c1-11-6-5-7-12(10-11)14(13(15)16-2)8-3-4-9-14/h5-7,10H,3-4,8-9H2,1-2H3. The van der Waals surface area contributed by atoms with E-state index in [0.29, 0.717) is 0 Å². The summed E-state index contributed by atoms with van der Waals surface area (Å²) in [6.07, 6.45) is 4.07. The van der Waals surface area contributed by atoms with E-state index in [1.54, 1.807) is 0 Å². The maximum absolute atomic E-state index is 12.0. The predicted octanol–water partition coefficient (Wildman–Crippen LogP) is 2.98. The van der Waals surface area contributed by atoms with Gasteiger partial charge in [-0.25, -0.2) is 0 Å². The number of benzene rings is 1. The van der Waals surface area contributed by atoms with E-state index in [2.05, 4.69) is 25.1 Å². The van der Waals surface area contributed by atoms with Crippen LogP contribution in [0.15, 0.2) is 24.3 Å². The largest absolute Gasteiger partial charge is 0.468 e. The van der Waals surface area contributed by atoms with Crippen LogP contribution in [0.3, 0.4) is 0 Å². The highest BCUT2D eigenvalue weighted by Gasteiger charge is 2.43. The Morgan fingerprint density at radius 1 is 1.31 bits per heavy atom. The molecule has 0 spiro atoms. The van der Waals surface area contributed by atoms with Gasteiger partial charge < -0.3 is 4.74 Å². The topological polar surface area (TPSA) is 26.3 Å². The van der Waals surface area contributed by atoms with Crippen molar-refractivity contribution in [1.82, 2.24) is 0 Å². The molecule has 1 fully saturated rings. The third-order valence-electron chi connectivity index (χ3n) is 3.60. The van der Waals surface area contributed by atoms with Crippen molar-refractivity contribution in [3.8, 4) is 0 Å². The molecule has 2 rings (SSSR count). The lowest BCUT2D eigenvalue weighted by Crippen LogP contribution is -2.34. The molecule has 1 aromatic rings. The monoisotopic (exact) mass is 218 g/mol. The van der Waals surface area contributed by atoms with Crippen molar-refractivity contribution in [2.24, 2.45) is 0 Å².